The molecule has 0 aromatic carbocycles. The number of nitrogens with zero attached hydrogens (tertiary/aromatic N) is 3. The first-order valence-corrected chi connectivity index (χ1v) is 7.61. The van der Waals surface area contributed by atoms with E-state index in [1.807, 2.05) is 0 Å². The smallest absolute Gasteiger partial charge is 0.191 e. The molecule has 0 aliphatic carbocycles. The molecule has 1 aliphatic heterocycles. The molecule has 1 fully saturated rings. The van der Waals surface area contributed by atoms with Crippen molar-refractivity contribution in [3.63, 3.8) is 0 Å². The molecule has 0 amide bonds. The number of rotatable bonds is 4. The summed E-state index contributed by atoms with van der Waals surface area (Å²) < 4.78 is 5.29. The van der Waals surface area contributed by atoms with Crippen LogP contribution in [0.2, 0.25) is 0 Å². The van der Waals surface area contributed by atoms with Gasteiger partial charge in [0.05, 0.1) is 23.9 Å². The molecule has 2 N–H and O–H groups in total. The second-order valence-electron chi connectivity index (χ2n) is 4.92. The predicted molar refractivity (Wildman–Crippen MR) is 78.8 cm³/mol. The van der Waals surface area contributed by atoms with Crippen LogP contribution < -0.4 is 5.73 Å². The van der Waals surface area contributed by atoms with Gasteiger partial charge in [-0.1, -0.05) is 13.8 Å². The predicted octanol–water partition coefficient (Wildman–Crippen LogP) is 1.46. The van der Waals surface area contributed by atoms with Crippen LogP contribution >= 0.6 is 11.3 Å². The molecule has 2 heterocycles. The van der Waals surface area contributed by atoms with Gasteiger partial charge in [-0.3, -0.25) is 4.99 Å². The number of ether oxygens (including phenoxy) is 1. The van der Waals surface area contributed by atoms with Crippen LogP contribution in [-0.4, -0.2) is 48.7 Å². The SMILES string of the molecule is CC(C)c1nc(CCN=C(N)N2CCOCC2)cs1. The quantitative estimate of drug-likeness (QED) is 0.671. The van der Waals surface area contributed by atoms with Crippen molar-refractivity contribution < 1.29 is 4.74 Å². The number of guanidine groups is 1. The topological polar surface area (TPSA) is 63.7 Å². The number of hydrogen-bond acceptors (Lipinski definition) is 4. The van der Waals surface area contributed by atoms with Crippen molar-refractivity contribution in [3.05, 3.63) is 16.1 Å². The summed E-state index contributed by atoms with van der Waals surface area (Å²) in [5, 5.41) is 3.32. The summed E-state index contributed by atoms with van der Waals surface area (Å²) >= 11 is 1.73. The van der Waals surface area contributed by atoms with Gasteiger partial charge in [0.1, 0.15) is 0 Å². The first-order chi connectivity index (χ1) is 9.16. The molecule has 1 saturated heterocycles. The lowest BCUT2D eigenvalue weighted by atomic mass is 10.2. The molecule has 0 spiro atoms. The van der Waals surface area contributed by atoms with Gasteiger partial charge in [-0.2, -0.15) is 0 Å². The first kappa shape index (κ1) is 14.3. The van der Waals surface area contributed by atoms with Crippen molar-refractivity contribution in [3.8, 4) is 0 Å². The third-order valence-corrected chi connectivity index (χ3v) is 4.23. The monoisotopic (exact) mass is 282 g/mol. The Labute approximate surface area is 118 Å². The Morgan fingerprint density at radius 3 is 2.89 bits per heavy atom. The number of hydrogen-bond donors (Lipinski definition) is 1. The average Bonchev–Trinajstić information content (AvgIpc) is 2.89. The number of thiazole rings is 1. The van der Waals surface area contributed by atoms with Gasteiger partial charge in [0.15, 0.2) is 5.96 Å². The highest BCUT2D eigenvalue weighted by molar-refractivity contribution is 7.09. The fraction of sp³-hybridized carbons (Fsp3) is 0.692. The van der Waals surface area contributed by atoms with Gasteiger partial charge in [-0.25, -0.2) is 4.98 Å². The van der Waals surface area contributed by atoms with Crippen LogP contribution in [0.4, 0.5) is 0 Å². The van der Waals surface area contributed by atoms with Gasteiger partial charge in [0.2, 0.25) is 0 Å². The summed E-state index contributed by atoms with van der Waals surface area (Å²) in [6.07, 6.45) is 0.855. The van der Waals surface area contributed by atoms with Gasteiger partial charge < -0.3 is 15.4 Å². The maximum Gasteiger partial charge on any atom is 0.191 e. The number of morpholine rings is 1. The van der Waals surface area contributed by atoms with Crippen LogP contribution in [0.1, 0.15) is 30.5 Å². The maximum absolute atomic E-state index is 5.97. The minimum Gasteiger partial charge on any atom is -0.378 e. The van der Waals surface area contributed by atoms with E-state index in [0.717, 1.165) is 38.4 Å². The third kappa shape index (κ3) is 4.18. The Hall–Kier alpha value is -1.14. The Kier molecular flexibility index (Phi) is 5.15. The van der Waals surface area contributed by atoms with E-state index in [-0.39, 0.29) is 0 Å². The maximum atomic E-state index is 5.97. The zero-order chi connectivity index (χ0) is 13.7. The van der Waals surface area contributed by atoms with E-state index in [1.165, 1.54) is 5.01 Å². The molecule has 1 aliphatic rings. The lowest BCUT2D eigenvalue weighted by Crippen LogP contribution is -2.44. The molecule has 0 unspecified atom stereocenters. The van der Waals surface area contributed by atoms with Crippen LogP contribution in [0, 0.1) is 0 Å². The van der Waals surface area contributed by atoms with Gasteiger partial charge >= 0.3 is 0 Å². The van der Waals surface area contributed by atoms with Crippen molar-refractivity contribution in [1.82, 2.24) is 9.88 Å². The van der Waals surface area contributed by atoms with Crippen LogP contribution in [-0.2, 0) is 11.2 Å². The molecule has 1 aromatic rings. The summed E-state index contributed by atoms with van der Waals surface area (Å²) in [5.41, 5.74) is 7.09. The lowest BCUT2D eigenvalue weighted by molar-refractivity contribution is 0.0674. The molecule has 0 bridgehead atoms. The first-order valence-electron chi connectivity index (χ1n) is 6.73. The molecular weight excluding hydrogens is 260 g/mol. The van der Waals surface area contributed by atoms with Gasteiger partial charge in [-0.05, 0) is 0 Å². The van der Waals surface area contributed by atoms with Crippen molar-refractivity contribution >= 4 is 17.3 Å². The fourth-order valence-corrected chi connectivity index (χ4v) is 2.75. The van der Waals surface area contributed by atoms with Crippen LogP contribution in [0.3, 0.4) is 0 Å². The van der Waals surface area contributed by atoms with E-state index in [4.69, 9.17) is 10.5 Å². The van der Waals surface area contributed by atoms with Gasteiger partial charge in [0, 0.05) is 37.4 Å². The van der Waals surface area contributed by atoms with E-state index in [1.54, 1.807) is 11.3 Å². The Morgan fingerprint density at radius 2 is 2.26 bits per heavy atom. The van der Waals surface area contributed by atoms with Gasteiger partial charge in [0.25, 0.3) is 0 Å². The van der Waals surface area contributed by atoms with Gasteiger partial charge in [-0.15, -0.1) is 11.3 Å². The standard InChI is InChI=1S/C13H22N4OS/c1-10(2)12-16-11(9-19-12)3-4-15-13(14)17-5-7-18-8-6-17/h9-10H,3-8H2,1-2H3,(H2,14,15). The van der Waals surface area contributed by atoms with Crippen molar-refractivity contribution in [2.75, 3.05) is 32.8 Å². The highest BCUT2D eigenvalue weighted by Gasteiger charge is 2.12. The third-order valence-electron chi connectivity index (χ3n) is 3.04. The van der Waals surface area contributed by atoms with Crippen molar-refractivity contribution in [2.24, 2.45) is 10.7 Å². The Balaban J connectivity index is 1.80. The second kappa shape index (κ2) is 6.86. The Morgan fingerprint density at radius 1 is 1.53 bits per heavy atom. The molecule has 6 heteroatoms. The highest BCUT2D eigenvalue weighted by Crippen LogP contribution is 2.19. The van der Waals surface area contributed by atoms with Crippen LogP contribution in [0.15, 0.2) is 10.4 Å². The van der Waals surface area contributed by atoms with E-state index in [0.29, 0.717) is 18.4 Å². The van der Waals surface area contributed by atoms with E-state index < -0.39 is 0 Å². The lowest BCUT2D eigenvalue weighted by Gasteiger charge is -2.27. The minimum atomic E-state index is 0.501. The normalized spacial score (nSPS) is 17.2. The summed E-state index contributed by atoms with van der Waals surface area (Å²) in [7, 11) is 0. The number of nitrogens with two attached hydrogens (primary N) is 1. The van der Waals surface area contributed by atoms with Crippen LogP contribution in [0.5, 0.6) is 0 Å². The molecule has 106 valence electrons. The molecule has 0 radical (unpaired) electrons. The summed E-state index contributed by atoms with van der Waals surface area (Å²) in [4.78, 5) is 11.1. The largest absolute Gasteiger partial charge is 0.378 e. The summed E-state index contributed by atoms with van der Waals surface area (Å²) in [6.45, 7) is 8.17. The molecule has 0 saturated carbocycles. The minimum absolute atomic E-state index is 0.501. The van der Waals surface area contributed by atoms with Crippen molar-refractivity contribution in [2.45, 2.75) is 26.2 Å². The zero-order valence-corrected chi connectivity index (χ0v) is 12.4. The Bertz CT molecular complexity index is 424. The van der Waals surface area contributed by atoms with E-state index in [2.05, 4.69) is 34.1 Å². The molecular formula is C13H22N4OS. The molecule has 5 nitrogen and oxygen atoms in total. The molecule has 19 heavy (non-hydrogen) atoms. The number of aliphatic imine (C=N–C) groups is 1. The summed E-state index contributed by atoms with van der Waals surface area (Å²) in [6, 6.07) is 0. The summed E-state index contributed by atoms with van der Waals surface area (Å²) in [5.74, 6) is 1.13. The van der Waals surface area contributed by atoms with Crippen molar-refractivity contribution in [1.29, 1.82) is 0 Å². The molecule has 0 atom stereocenters. The van der Waals surface area contributed by atoms with Crippen LogP contribution in [0.25, 0.3) is 0 Å². The molecule has 1 aromatic heterocycles. The highest BCUT2D eigenvalue weighted by atomic mass is 32.1. The molecule has 2 rings (SSSR count). The average molecular weight is 282 g/mol. The number of aromatic nitrogens is 1. The second-order valence-corrected chi connectivity index (χ2v) is 5.81. The van der Waals surface area contributed by atoms with E-state index in [9.17, 15) is 0 Å². The fourth-order valence-electron chi connectivity index (χ4n) is 1.88. The zero-order valence-electron chi connectivity index (χ0n) is 11.6. The van der Waals surface area contributed by atoms with E-state index >= 15 is 0 Å².